The molecule has 0 unspecified atom stereocenters. The van der Waals surface area contributed by atoms with Crippen LogP contribution in [0.5, 0.6) is 5.88 Å². The van der Waals surface area contributed by atoms with Crippen LogP contribution in [-0.2, 0) is 7.05 Å². The number of aryl methyl sites for hydroxylation is 3. The minimum absolute atomic E-state index is 0.0643. The lowest BCUT2D eigenvalue weighted by Gasteiger charge is -2.34. The Kier molecular flexibility index (Phi) is 6.94. The Labute approximate surface area is 177 Å². The van der Waals surface area contributed by atoms with Crippen LogP contribution in [0.3, 0.4) is 0 Å². The number of amides is 3. The number of carbonyl (C=O) groups excluding carboxylic acids is 2. The van der Waals surface area contributed by atoms with Gasteiger partial charge in [0.05, 0.1) is 7.11 Å². The Morgan fingerprint density at radius 3 is 2.40 bits per heavy atom. The largest absolute Gasteiger partial charge is 0.479 e. The van der Waals surface area contributed by atoms with Crippen LogP contribution in [0.25, 0.3) is 0 Å². The van der Waals surface area contributed by atoms with E-state index in [0.717, 1.165) is 36.4 Å². The maximum absolute atomic E-state index is 12.7. The van der Waals surface area contributed by atoms with E-state index < -0.39 is 0 Å². The average Bonchev–Trinajstić information content (AvgIpc) is 3.08. The average molecular weight is 415 g/mol. The number of rotatable bonds is 6. The van der Waals surface area contributed by atoms with Gasteiger partial charge in [-0.25, -0.2) is 4.79 Å². The molecule has 3 amide bonds. The van der Waals surface area contributed by atoms with Gasteiger partial charge in [0, 0.05) is 58.2 Å². The summed E-state index contributed by atoms with van der Waals surface area (Å²) in [6, 6.07) is 5.75. The van der Waals surface area contributed by atoms with Gasteiger partial charge in [0.1, 0.15) is 5.56 Å². The van der Waals surface area contributed by atoms with E-state index in [1.807, 2.05) is 30.9 Å². The third-order valence-corrected chi connectivity index (χ3v) is 5.07. The molecule has 1 aromatic carbocycles. The first-order valence-electron chi connectivity index (χ1n) is 10.1. The second kappa shape index (κ2) is 9.62. The van der Waals surface area contributed by atoms with Gasteiger partial charge in [0.15, 0.2) is 0 Å². The molecule has 9 heteroatoms. The van der Waals surface area contributed by atoms with Crippen LogP contribution in [-0.4, -0.2) is 77.9 Å². The van der Waals surface area contributed by atoms with Crippen LogP contribution in [0, 0.1) is 13.8 Å². The number of ether oxygens (including phenoxy) is 1. The topological polar surface area (TPSA) is 91.7 Å². The van der Waals surface area contributed by atoms with Gasteiger partial charge >= 0.3 is 6.03 Å². The molecule has 0 radical (unpaired) electrons. The number of carbonyl (C=O) groups is 2. The van der Waals surface area contributed by atoms with E-state index in [9.17, 15) is 9.59 Å². The highest BCUT2D eigenvalue weighted by molar-refractivity contribution is 5.96. The van der Waals surface area contributed by atoms with Crippen molar-refractivity contribution in [3.63, 3.8) is 0 Å². The van der Waals surface area contributed by atoms with Gasteiger partial charge in [-0.3, -0.25) is 14.4 Å². The van der Waals surface area contributed by atoms with Gasteiger partial charge in [0.2, 0.25) is 5.88 Å². The number of anilines is 1. The predicted octanol–water partition coefficient (Wildman–Crippen LogP) is 1.63. The lowest BCUT2D eigenvalue weighted by Crippen LogP contribution is -2.50. The number of nitrogens with one attached hydrogen (secondary N) is 2. The number of hydrogen-bond donors (Lipinski definition) is 2. The van der Waals surface area contributed by atoms with Crippen molar-refractivity contribution in [1.82, 2.24) is 24.9 Å². The highest BCUT2D eigenvalue weighted by Crippen LogP contribution is 2.18. The third-order valence-electron chi connectivity index (χ3n) is 5.07. The molecule has 1 saturated heterocycles. The number of benzene rings is 1. The van der Waals surface area contributed by atoms with Crippen LogP contribution in [0.15, 0.2) is 24.4 Å². The van der Waals surface area contributed by atoms with Gasteiger partial charge < -0.3 is 20.3 Å². The van der Waals surface area contributed by atoms with E-state index in [2.05, 4.69) is 26.7 Å². The zero-order valence-electron chi connectivity index (χ0n) is 18.1. The fourth-order valence-electron chi connectivity index (χ4n) is 3.66. The Morgan fingerprint density at radius 1 is 1.10 bits per heavy atom. The second-order valence-electron chi connectivity index (χ2n) is 7.62. The maximum atomic E-state index is 12.7. The lowest BCUT2D eigenvalue weighted by atomic mass is 10.1. The molecule has 9 nitrogen and oxygen atoms in total. The van der Waals surface area contributed by atoms with E-state index >= 15 is 0 Å². The molecule has 0 aliphatic carbocycles. The number of piperazine rings is 1. The number of hydrogen-bond acceptors (Lipinski definition) is 5. The Balaban J connectivity index is 1.40. The first kappa shape index (κ1) is 21.6. The zero-order chi connectivity index (χ0) is 21.7. The summed E-state index contributed by atoms with van der Waals surface area (Å²) in [6.07, 6.45) is 1.69. The van der Waals surface area contributed by atoms with Gasteiger partial charge in [-0.1, -0.05) is 6.07 Å². The second-order valence-corrected chi connectivity index (χ2v) is 7.62. The minimum atomic E-state index is -0.211. The summed E-state index contributed by atoms with van der Waals surface area (Å²) in [4.78, 5) is 28.9. The molecule has 3 rings (SSSR count). The van der Waals surface area contributed by atoms with Crippen molar-refractivity contribution in [1.29, 1.82) is 0 Å². The standard InChI is InChI=1S/C21H30N6O3/c1-15-11-16(2)13-17(12-15)23-21(29)22-5-6-26-7-9-27(10-8-26)20(28)18-14-25(3)24-19(18)30-4/h11-14H,5-10H2,1-4H3,(H2,22,23,29). The third kappa shape index (κ3) is 5.50. The normalized spacial score (nSPS) is 14.5. The quantitative estimate of drug-likeness (QED) is 0.750. The van der Waals surface area contributed by atoms with Crippen molar-refractivity contribution >= 4 is 17.6 Å². The zero-order valence-corrected chi connectivity index (χ0v) is 18.1. The van der Waals surface area contributed by atoms with Gasteiger partial charge in [0.25, 0.3) is 5.91 Å². The summed E-state index contributed by atoms with van der Waals surface area (Å²) >= 11 is 0. The molecule has 1 aliphatic rings. The molecular weight excluding hydrogens is 384 g/mol. The van der Waals surface area contributed by atoms with E-state index in [1.165, 1.54) is 7.11 Å². The molecule has 0 bridgehead atoms. The molecule has 2 heterocycles. The summed E-state index contributed by atoms with van der Waals surface area (Å²) in [5, 5.41) is 9.92. The number of methoxy groups -OCH3 is 1. The van der Waals surface area contributed by atoms with Crippen LogP contribution in [0.2, 0.25) is 0 Å². The van der Waals surface area contributed by atoms with Crippen molar-refractivity contribution < 1.29 is 14.3 Å². The smallest absolute Gasteiger partial charge is 0.319 e. The molecule has 1 fully saturated rings. The van der Waals surface area contributed by atoms with Crippen molar-refractivity contribution in [2.24, 2.45) is 7.05 Å². The van der Waals surface area contributed by atoms with E-state index in [0.29, 0.717) is 31.1 Å². The molecule has 2 N–H and O–H groups in total. The molecule has 0 spiro atoms. The highest BCUT2D eigenvalue weighted by Gasteiger charge is 2.26. The number of aromatic nitrogens is 2. The highest BCUT2D eigenvalue weighted by atomic mass is 16.5. The van der Waals surface area contributed by atoms with E-state index in [1.54, 1.807) is 17.9 Å². The van der Waals surface area contributed by atoms with Crippen LogP contribution < -0.4 is 15.4 Å². The van der Waals surface area contributed by atoms with Crippen molar-refractivity contribution in [3.05, 3.63) is 41.1 Å². The van der Waals surface area contributed by atoms with E-state index in [4.69, 9.17) is 4.74 Å². The SMILES string of the molecule is COc1nn(C)cc1C(=O)N1CCN(CCNC(=O)Nc2cc(C)cc(C)c2)CC1. The summed E-state index contributed by atoms with van der Waals surface area (Å²) in [6.45, 7) is 8.07. The van der Waals surface area contributed by atoms with Gasteiger partial charge in [-0.2, -0.15) is 0 Å². The fourth-order valence-corrected chi connectivity index (χ4v) is 3.66. The first-order valence-corrected chi connectivity index (χ1v) is 10.1. The van der Waals surface area contributed by atoms with Gasteiger partial charge in [-0.05, 0) is 37.1 Å². The number of urea groups is 1. The van der Waals surface area contributed by atoms with Gasteiger partial charge in [-0.15, -0.1) is 5.10 Å². The molecule has 0 saturated carbocycles. The van der Waals surface area contributed by atoms with Crippen LogP contribution in [0.4, 0.5) is 10.5 Å². The lowest BCUT2D eigenvalue weighted by molar-refractivity contribution is 0.0636. The summed E-state index contributed by atoms with van der Waals surface area (Å²) < 4.78 is 6.77. The molecule has 1 aromatic heterocycles. The van der Waals surface area contributed by atoms with Crippen molar-refractivity contribution in [2.75, 3.05) is 51.7 Å². The predicted molar refractivity (Wildman–Crippen MR) is 115 cm³/mol. The monoisotopic (exact) mass is 414 g/mol. The molecule has 1 aliphatic heterocycles. The van der Waals surface area contributed by atoms with E-state index in [-0.39, 0.29) is 11.9 Å². The minimum Gasteiger partial charge on any atom is -0.479 e. The van der Waals surface area contributed by atoms with Crippen molar-refractivity contribution in [2.45, 2.75) is 13.8 Å². The van der Waals surface area contributed by atoms with Crippen LogP contribution >= 0.6 is 0 Å². The molecule has 30 heavy (non-hydrogen) atoms. The summed E-state index contributed by atoms with van der Waals surface area (Å²) in [5.74, 6) is 0.287. The Bertz CT molecular complexity index is 882. The summed E-state index contributed by atoms with van der Waals surface area (Å²) in [7, 11) is 3.28. The summed E-state index contributed by atoms with van der Waals surface area (Å²) in [5.41, 5.74) is 3.50. The number of nitrogens with zero attached hydrogens (tertiary/aromatic N) is 4. The molecule has 2 aromatic rings. The Hall–Kier alpha value is -3.07. The molecule has 162 valence electrons. The maximum Gasteiger partial charge on any atom is 0.319 e. The fraction of sp³-hybridized carbons (Fsp3) is 0.476. The first-order chi connectivity index (χ1) is 14.4. The molecule has 0 atom stereocenters. The Morgan fingerprint density at radius 2 is 1.77 bits per heavy atom. The molecular formula is C21H30N6O3. The van der Waals surface area contributed by atoms with Crippen molar-refractivity contribution in [3.8, 4) is 5.88 Å². The van der Waals surface area contributed by atoms with Crippen LogP contribution in [0.1, 0.15) is 21.5 Å².